The number of Topliss-reactive ketones (excluding diaryl/α,β-unsaturated/α-hetero) is 1. The van der Waals surface area contributed by atoms with Crippen molar-refractivity contribution in [3.8, 4) is 0 Å². The lowest BCUT2D eigenvalue weighted by Crippen LogP contribution is -2.23. The van der Waals surface area contributed by atoms with E-state index in [9.17, 15) is 14.0 Å². The van der Waals surface area contributed by atoms with E-state index in [0.29, 0.717) is 16.5 Å². The summed E-state index contributed by atoms with van der Waals surface area (Å²) in [5, 5.41) is 1.01. The quantitative estimate of drug-likeness (QED) is 0.555. The number of nitrogens with one attached hydrogen (secondary N) is 1. The Labute approximate surface area is 164 Å². The van der Waals surface area contributed by atoms with Crippen LogP contribution < -0.4 is 0 Å². The van der Waals surface area contributed by atoms with E-state index >= 15 is 0 Å². The number of aromatic nitrogens is 1. The molecule has 140 valence electrons. The van der Waals surface area contributed by atoms with Crippen LogP contribution in [0.5, 0.6) is 0 Å². The van der Waals surface area contributed by atoms with Crippen LogP contribution in [0.4, 0.5) is 4.39 Å². The number of H-pyrrole nitrogens is 1. The maximum absolute atomic E-state index is 14.0. The van der Waals surface area contributed by atoms with Crippen molar-refractivity contribution in [2.45, 2.75) is 19.3 Å². The summed E-state index contributed by atoms with van der Waals surface area (Å²) in [4.78, 5) is 27.9. The van der Waals surface area contributed by atoms with Crippen LogP contribution in [0.25, 0.3) is 10.9 Å². The van der Waals surface area contributed by atoms with E-state index < -0.39 is 17.7 Å². The molecule has 1 heterocycles. The summed E-state index contributed by atoms with van der Waals surface area (Å²) >= 11 is 3.20. The second-order valence-electron chi connectivity index (χ2n) is 6.44. The number of hydrogen-bond acceptors (Lipinski definition) is 3. The average Bonchev–Trinajstić information content (AvgIpc) is 3.06. The first-order valence-electron chi connectivity index (χ1n) is 8.56. The lowest BCUT2D eigenvalue weighted by atomic mass is 9.92. The Kier molecular flexibility index (Phi) is 6.06. The normalized spacial score (nSPS) is 12.1. The second-order valence-corrected chi connectivity index (χ2v) is 7.35. The zero-order valence-electron chi connectivity index (χ0n) is 14.8. The van der Waals surface area contributed by atoms with Gasteiger partial charge in [0.1, 0.15) is 11.6 Å². The summed E-state index contributed by atoms with van der Waals surface area (Å²) in [6.07, 6.45) is 2.17. The number of rotatable bonds is 7. The molecule has 0 unspecified atom stereocenters. The second kappa shape index (κ2) is 8.48. The third kappa shape index (κ3) is 4.63. The fourth-order valence-corrected chi connectivity index (χ4v) is 3.53. The van der Waals surface area contributed by atoms with Gasteiger partial charge < -0.3 is 9.72 Å². The molecule has 4 nitrogen and oxygen atoms in total. The van der Waals surface area contributed by atoms with Crippen molar-refractivity contribution in [3.05, 3.63) is 70.1 Å². The molecule has 3 aromatic rings. The minimum atomic E-state index is -0.611. The van der Waals surface area contributed by atoms with Gasteiger partial charge in [-0.05, 0) is 35.7 Å². The van der Waals surface area contributed by atoms with Crippen molar-refractivity contribution in [1.29, 1.82) is 0 Å². The Hall–Kier alpha value is -2.47. The number of halogens is 2. The monoisotopic (exact) mass is 431 g/mol. The number of fused-ring (bicyclic) bond motifs is 1. The number of ether oxygens (including phenoxy) is 1. The van der Waals surface area contributed by atoms with Crippen molar-refractivity contribution in [2.75, 3.05) is 7.11 Å². The summed E-state index contributed by atoms with van der Waals surface area (Å²) in [6, 6.07) is 12.4. The van der Waals surface area contributed by atoms with E-state index in [2.05, 4.69) is 20.9 Å². The van der Waals surface area contributed by atoms with Crippen LogP contribution in [0, 0.1) is 11.7 Å². The lowest BCUT2D eigenvalue weighted by molar-refractivity contribution is -0.147. The van der Waals surface area contributed by atoms with E-state index in [1.54, 1.807) is 12.1 Å². The number of carbonyl (C=O) groups excluding carboxylic acids is 2. The molecular weight excluding hydrogens is 413 g/mol. The highest BCUT2D eigenvalue weighted by Gasteiger charge is 2.24. The number of methoxy groups -OCH3 is 1. The third-order valence-electron chi connectivity index (χ3n) is 4.55. The fraction of sp³-hybridized carbons (Fsp3) is 0.238. The Balaban J connectivity index is 1.75. The lowest BCUT2D eigenvalue weighted by Gasteiger charge is -2.14. The molecule has 27 heavy (non-hydrogen) atoms. The summed E-state index contributed by atoms with van der Waals surface area (Å²) < 4.78 is 19.5. The minimum absolute atomic E-state index is 0.00167. The van der Waals surface area contributed by atoms with Crippen molar-refractivity contribution in [3.63, 3.8) is 0 Å². The highest BCUT2D eigenvalue weighted by atomic mass is 79.9. The first kappa shape index (κ1) is 19.3. The molecule has 0 saturated carbocycles. The molecule has 2 aromatic carbocycles. The highest BCUT2D eigenvalue weighted by molar-refractivity contribution is 9.10. The van der Waals surface area contributed by atoms with Crippen molar-refractivity contribution < 1.29 is 18.7 Å². The van der Waals surface area contributed by atoms with E-state index in [1.165, 1.54) is 13.2 Å². The van der Waals surface area contributed by atoms with Crippen LogP contribution in [-0.4, -0.2) is 23.8 Å². The first-order valence-corrected chi connectivity index (χ1v) is 9.35. The Morgan fingerprint density at radius 2 is 1.96 bits per heavy atom. The van der Waals surface area contributed by atoms with Crippen LogP contribution >= 0.6 is 15.9 Å². The van der Waals surface area contributed by atoms with Gasteiger partial charge in [-0.1, -0.05) is 40.2 Å². The van der Waals surface area contributed by atoms with Gasteiger partial charge in [0.2, 0.25) is 0 Å². The standard InChI is InChI=1S/C21H19BrFNO3/c1-27-21(26)14(8-15-12-24-20-5-3-2-4-18(15)20)10-17(25)9-13-6-7-16(22)11-19(13)23/h2-7,11-12,14,24H,8-10H2,1H3/t14-/m1/s1. The molecule has 0 saturated heterocycles. The van der Waals surface area contributed by atoms with Gasteiger partial charge in [0.25, 0.3) is 0 Å². The van der Waals surface area contributed by atoms with Crippen molar-refractivity contribution in [2.24, 2.45) is 5.92 Å². The smallest absolute Gasteiger partial charge is 0.309 e. The minimum Gasteiger partial charge on any atom is -0.469 e. The number of benzene rings is 2. The molecule has 0 fully saturated rings. The Bertz CT molecular complexity index is 982. The first-order chi connectivity index (χ1) is 13.0. The van der Waals surface area contributed by atoms with Crippen molar-refractivity contribution >= 4 is 38.6 Å². The number of carbonyl (C=O) groups is 2. The zero-order valence-corrected chi connectivity index (χ0v) is 16.4. The largest absolute Gasteiger partial charge is 0.469 e. The fourth-order valence-electron chi connectivity index (χ4n) is 3.20. The Morgan fingerprint density at radius 3 is 2.70 bits per heavy atom. The topological polar surface area (TPSA) is 59.2 Å². The molecule has 6 heteroatoms. The van der Waals surface area contributed by atoms with Gasteiger partial charge >= 0.3 is 5.97 Å². The molecule has 0 aliphatic rings. The predicted molar refractivity (Wildman–Crippen MR) is 105 cm³/mol. The number of ketones is 1. The average molecular weight is 432 g/mol. The molecule has 0 radical (unpaired) electrons. The third-order valence-corrected chi connectivity index (χ3v) is 5.05. The van der Waals surface area contributed by atoms with Crippen LogP contribution in [0.3, 0.4) is 0 Å². The van der Waals surface area contributed by atoms with E-state index in [0.717, 1.165) is 16.5 Å². The van der Waals surface area contributed by atoms with E-state index in [-0.39, 0.29) is 18.6 Å². The molecule has 1 N–H and O–H groups in total. The molecule has 3 rings (SSSR count). The summed E-state index contributed by atoms with van der Waals surface area (Å²) in [7, 11) is 1.31. The molecular formula is C21H19BrFNO3. The van der Waals surface area contributed by atoms with Gasteiger partial charge in [0.15, 0.2) is 0 Å². The maximum Gasteiger partial charge on any atom is 0.309 e. The predicted octanol–water partition coefficient (Wildman–Crippen LogP) is 4.60. The molecule has 0 aliphatic heterocycles. The van der Waals surface area contributed by atoms with Gasteiger partial charge in [-0.3, -0.25) is 9.59 Å². The zero-order chi connectivity index (χ0) is 19.4. The van der Waals surface area contributed by atoms with Gasteiger partial charge in [-0.15, -0.1) is 0 Å². The molecule has 0 amide bonds. The van der Waals surface area contributed by atoms with E-state index in [1.807, 2.05) is 30.5 Å². The van der Waals surface area contributed by atoms with Gasteiger partial charge in [-0.25, -0.2) is 4.39 Å². The van der Waals surface area contributed by atoms with Gasteiger partial charge in [0, 0.05) is 34.4 Å². The van der Waals surface area contributed by atoms with Gasteiger partial charge in [-0.2, -0.15) is 0 Å². The summed E-state index contributed by atoms with van der Waals surface area (Å²) in [5.74, 6) is -1.69. The number of para-hydroxylation sites is 1. The molecule has 0 spiro atoms. The molecule has 1 aromatic heterocycles. The highest BCUT2D eigenvalue weighted by Crippen LogP contribution is 2.24. The van der Waals surface area contributed by atoms with Gasteiger partial charge in [0.05, 0.1) is 13.0 Å². The van der Waals surface area contributed by atoms with Crippen LogP contribution in [0.2, 0.25) is 0 Å². The van der Waals surface area contributed by atoms with Crippen LogP contribution in [0.15, 0.2) is 53.1 Å². The molecule has 0 aliphatic carbocycles. The van der Waals surface area contributed by atoms with Crippen LogP contribution in [0.1, 0.15) is 17.5 Å². The molecule has 0 bridgehead atoms. The van der Waals surface area contributed by atoms with Crippen molar-refractivity contribution in [1.82, 2.24) is 4.98 Å². The van der Waals surface area contributed by atoms with E-state index in [4.69, 9.17) is 4.74 Å². The summed E-state index contributed by atoms with van der Waals surface area (Å²) in [5.41, 5.74) is 2.24. The SMILES string of the molecule is COC(=O)[C@@H](CC(=O)Cc1ccc(Br)cc1F)Cc1c[nH]c2ccccc12. The number of aromatic amines is 1. The Morgan fingerprint density at radius 1 is 1.19 bits per heavy atom. The van der Waals surface area contributed by atoms with Crippen LogP contribution in [-0.2, 0) is 27.2 Å². The number of hydrogen-bond donors (Lipinski definition) is 1. The molecule has 1 atom stereocenters. The number of esters is 1. The maximum atomic E-state index is 14.0. The summed E-state index contributed by atoms with van der Waals surface area (Å²) in [6.45, 7) is 0.